The van der Waals surface area contributed by atoms with Crippen molar-refractivity contribution in [3.8, 4) is 11.5 Å². The largest absolute Gasteiger partial charge is 0.495 e. The molecule has 0 radical (unpaired) electrons. The topological polar surface area (TPSA) is 18.5 Å². The van der Waals surface area contributed by atoms with E-state index in [0.717, 1.165) is 15.6 Å². The summed E-state index contributed by atoms with van der Waals surface area (Å²) in [5.74, 6) is 1.39. The molecule has 0 saturated heterocycles. The van der Waals surface area contributed by atoms with Gasteiger partial charge in [0.05, 0.1) is 19.0 Å². The second-order valence-corrected chi connectivity index (χ2v) is 6.78. The zero-order valence-corrected chi connectivity index (χ0v) is 16.0. The Labute approximate surface area is 150 Å². The van der Waals surface area contributed by atoms with Gasteiger partial charge in [-0.25, -0.2) is 0 Å². The van der Waals surface area contributed by atoms with Crippen LogP contribution >= 0.6 is 55.1 Å². The molecule has 0 N–H and O–H groups in total. The maximum atomic E-state index is 6.27. The number of rotatable bonds is 4. The van der Waals surface area contributed by atoms with Gasteiger partial charge in [-0.1, -0.05) is 45.2 Å². The van der Waals surface area contributed by atoms with E-state index in [-0.39, 0.29) is 4.83 Å². The average molecular weight is 455 g/mol. The number of benzene rings is 2. The van der Waals surface area contributed by atoms with Crippen LogP contribution < -0.4 is 9.47 Å². The van der Waals surface area contributed by atoms with E-state index in [1.54, 1.807) is 26.4 Å². The van der Waals surface area contributed by atoms with E-state index in [1.807, 2.05) is 18.2 Å². The van der Waals surface area contributed by atoms with Gasteiger partial charge in [0.25, 0.3) is 0 Å². The minimum atomic E-state index is -0.152. The summed E-state index contributed by atoms with van der Waals surface area (Å²) in [6, 6.07) is 9.17. The minimum Gasteiger partial charge on any atom is -0.495 e. The van der Waals surface area contributed by atoms with Gasteiger partial charge in [-0.3, -0.25) is 0 Å². The van der Waals surface area contributed by atoms with Crippen molar-refractivity contribution in [3.05, 3.63) is 56.0 Å². The summed E-state index contributed by atoms with van der Waals surface area (Å²) >= 11 is 19.5. The summed E-state index contributed by atoms with van der Waals surface area (Å²) in [5.41, 5.74) is 1.80. The molecule has 0 fully saturated rings. The van der Waals surface area contributed by atoms with Crippen LogP contribution in [0.2, 0.25) is 10.0 Å². The van der Waals surface area contributed by atoms with Gasteiger partial charge in [-0.15, -0.1) is 0 Å². The Hall–Kier alpha value is -0.420. The Morgan fingerprint density at radius 2 is 1.71 bits per heavy atom. The lowest BCUT2D eigenvalue weighted by Gasteiger charge is -2.18. The normalized spacial score (nSPS) is 12.1. The molecular formula is C15H12Br2Cl2O2. The predicted molar refractivity (Wildman–Crippen MR) is 94.5 cm³/mol. The van der Waals surface area contributed by atoms with Gasteiger partial charge in [0.15, 0.2) is 0 Å². The molecule has 2 aromatic rings. The molecule has 0 aliphatic rings. The van der Waals surface area contributed by atoms with E-state index in [0.29, 0.717) is 21.5 Å². The van der Waals surface area contributed by atoms with Gasteiger partial charge in [0.2, 0.25) is 0 Å². The molecule has 21 heavy (non-hydrogen) atoms. The Morgan fingerprint density at radius 3 is 2.33 bits per heavy atom. The van der Waals surface area contributed by atoms with Gasteiger partial charge >= 0.3 is 0 Å². The molecule has 0 aromatic heterocycles. The fourth-order valence-electron chi connectivity index (χ4n) is 1.99. The highest BCUT2D eigenvalue weighted by atomic mass is 79.9. The van der Waals surface area contributed by atoms with Gasteiger partial charge in [0.1, 0.15) is 16.0 Å². The van der Waals surface area contributed by atoms with Crippen LogP contribution in [0, 0.1) is 0 Å². The average Bonchev–Trinajstić information content (AvgIpc) is 2.48. The molecular weight excluding hydrogens is 443 g/mol. The van der Waals surface area contributed by atoms with Crippen LogP contribution in [0.25, 0.3) is 0 Å². The van der Waals surface area contributed by atoms with Crippen LogP contribution in [0.3, 0.4) is 0 Å². The number of ether oxygens (including phenoxy) is 2. The van der Waals surface area contributed by atoms with Crippen LogP contribution in [0.15, 0.2) is 34.8 Å². The third kappa shape index (κ3) is 3.50. The van der Waals surface area contributed by atoms with Crippen molar-refractivity contribution < 1.29 is 9.47 Å². The zero-order chi connectivity index (χ0) is 15.6. The van der Waals surface area contributed by atoms with Gasteiger partial charge in [-0.05, 0) is 45.8 Å². The molecule has 2 aromatic carbocycles. The quantitative estimate of drug-likeness (QED) is 0.508. The maximum absolute atomic E-state index is 6.27. The Balaban J connectivity index is 2.55. The molecule has 0 amide bonds. The van der Waals surface area contributed by atoms with Crippen LogP contribution in [-0.4, -0.2) is 14.2 Å². The summed E-state index contributed by atoms with van der Waals surface area (Å²) < 4.78 is 11.5. The third-order valence-corrected chi connectivity index (χ3v) is 5.34. The van der Waals surface area contributed by atoms with E-state index in [1.165, 1.54) is 0 Å². The fourth-order valence-corrected chi connectivity index (χ4v) is 3.96. The first-order valence-electron chi connectivity index (χ1n) is 5.99. The van der Waals surface area contributed by atoms with E-state index < -0.39 is 0 Å². The van der Waals surface area contributed by atoms with Crippen LogP contribution in [0.5, 0.6) is 11.5 Å². The summed E-state index contributed by atoms with van der Waals surface area (Å²) in [5, 5.41) is 1.26. The van der Waals surface area contributed by atoms with Crippen LogP contribution in [0.4, 0.5) is 0 Å². The first-order chi connectivity index (χ1) is 9.99. The fraction of sp³-hybridized carbons (Fsp3) is 0.200. The number of hydrogen-bond donors (Lipinski definition) is 0. The number of alkyl halides is 1. The number of halogens is 4. The first kappa shape index (κ1) is 16.9. The third-order valence-electron chi connectivity index (χ3n) is 3.02. The molecule has 6 heteroatoms. The monoisotopic (exact) mass is 452 g/mol. The summed E-state index contributed by atoms with van der Waals surface area (Å²) in [6.07, 6.45) is 0. The predicted octanol–water partition coefficient (Wildman–Crippen LogP) is 6.26. The molecule has 2 rings (SSSR count). The summed E-state index contributed by atoms with van der Waals surface area (Å²) in [4.78, 5) is -0.152. The Morgan fingerprint density at radius 1 is 1.00 bits per heavy atom. The number of hydrogen-bond acceptors (Lipinski definition) is 2. The van der Waals surface area contributed by atoms with Crippen LogP contribution in [0.1, 0.15) is 16.0 Å². The first-order valence-corrected chi connectivity index (χ1v) is 8.45. The van der Waals surface area contributed by atoms with Crippen molar-refractivity contribution in [1.29, 1.82) is 0 Å². The van der Waals surface area contributed by atoms with E-state index in [2.05, 4.69) is 31.9 Å². The van der Waals surface area contributed by atoms with Gasteiger partial charge < -0.3 is 9.47 Å². The second kappa shape index (κ2) is 7.23. The molecule has 1 atom stereocenters. The van der Waals surface area contributed by atoms with Crippen molar-refractivity contribution in [2.24, 2.45) is 0 Å². The van der Waals surface area contributed by atoms with Crippen molar-refractivity contribution in [3.63, 3.8) is 0 Å². The van der Waals surface area contributed by atoms with Gasteiger partial charge in [-0.2, -0.15) is 0 Å². The molecule has 0 aliphatic carbocycles. The molecule has 112 valence electrons. The SMILES string of the molecule is COc1ccc(C(Br)c2cc(Cl)ccc2Cl)c(OC)c1Br. The molecule has 2 nitrogen and oxygen atoms in total. The van der Waals surface area contributed by atoms with Crippen molar-refractivity contribution >= 4 is 55.1 Å². The molecule has 1 unspecified atom stereocenters. The van der Waals surface area contributed by atoms with E-state index >= 15 is 0 Å². The highest BCUT2D eigenvalue weighted by molar-refractivity contribution is 9.10. The van der Waals surface area contributed by atoms with Crippen molar-refractivity contribution in [2.45, 2.75) is 4.83 Å². The lowest BCUT2D eigenvalue weighted by molar-refractivity contribution is 0.386. The van der Waals surface area contributed by atoms with Crippen molar-refractivity contribution in [1.82, 2.24) is 0 Å². The smallest absolute Gasteiger partial charge is 0.141 e. The highest BCUT2D eigenvalue weighted by Gasteiger charge is 2.21. The Kier molecular flexibility index (Phi) is 5.83. The molecule has 0 aliphatic heterocycles. The molecule has 0 bridgehead atoms. The standard InChI is InChI=1S/C15H12Br2Cl2O2/c1-20-12-6-4-9(15(21-2)14(12)17)13(16)10-7-8(18)3-5-11(10)19/h3-7,13H,1-2H3. The zero-order valence-electron chi connectivity index (χ0n) is 11.3. The van der Waals surface area contributed by atoms with E-state index in [9.17, 15) is 0 Å². The minimum absolute atomic E-state index is 0.152. The molecule has 0 spiro atoms. The lowest BCUT2D eigenvalue weighted by Crippen LogP contribution is -2.00. The highest BCUT2D eigenvalue weighted by Crippen LogP contribution is 2.45. The summed E-state index contributed by atoms with van der Waals surface area (Å²) in [7, 11) is 3.22. The summed E-state index contributed by atoms with van der Waals surface area (Å²) in [6.45, 7) is 0. The van der Waals surface area contributed by atoms with Crippen LogP contribution in [-0.2, 0) is 0 Å². The van der Waals surface area contributed by atoms with E-state index in [4.69, 9.17) is 32.7 Å². The van der Waals surface area contributed by atoms with Crippen molar-refractivity contribution in [2.75, 3.05) is 14.2 Å². The Bertz CT molecular complexity index is 662. The molecule has 0 heterocycles. The second-order valence-electron chi connectivity index (χ2n) is 4.23. The maximum Gasteiger partial charge on any atom is 0.141 e. The van der Waals surface area contributed by atoms with Gasteiger partial charge in [0, 0.05) is 15.6 Å². The lowest BCUT2D eigenvalue weighted by atomic mass is 10.0. The molecule has 0 saturated carbocycles. The number of methoxy groups -OCH3 is 2.